The normalized spacial score (nSPS) is 10.4. The molecule has 2 aromatic carbocycles. The molecule has 3 rings (SSSR count). The molecule has 0 aliphatic heterocycles. The number of thiazole rings is 1. The lowest BCUT2D eigenvalue weighted by Crippen LogP contribution is -2.11. The van der Waals surface area contributed by atoms with Crippen molar-refractivity contribution in [2.24, 2.45) is 0 Å². The molecule has 1 heterocycles. The third-order valence-corrected chi connectivity index (χ3v) is 4.75. The first-order chi connectivity index (χ1) is 13.1. The third kappa shape index (κ3) is 4.48. The Balaban J connectivity index is 1.94. The molecular weight excluding hydrogens is 364 g/mol. The van der Waals surface area contributed by atoms with Crippen molar-refractivity contribution in [1.82, 2.24) is 4.98 Å². The van der Waals surface area contributed by atoms with E-state index in [-0.39, 0.29) is 11.6 Å². The minimum absolute atomic E-state index is 0.00593. The Bertz CT molecular complexity index is 939. The number of hydrogen-bond acceptors (Lipinski definition) is 6. The van der Waals surface area contributed by atoms with Gasteiger partial charge >= 0.3 is 0 Å². The number of non-ortho nitro benzene ring substituents is 1. The minimum atomic E-state index is -0.456. The van der Waals surface area contributed by atoms with E-state index in [4.69, 9.17) is 0 Å². The first-order valence-electron chi connectivity index (χ1n) is 8.44. The van der Waals surface area contributed by atoms with Gasteiger partial charge in [-0.05, 0) is 30.7 Å². The van der Waals surface area contributed by atoms with E-state index in [1.54, 1.807) is 24.3 Å². The van der Waals surface area contributed by atoms with Crippen molar-refractivity contribution in [1.29, 1.82) is 0 Å². The third-order valence-electron chi connectivity index (χ3n) is 3.74. The van der Waals surface area contributed by atoms with Gasteiger partial charge in [-0.15, -0.1) is 0 Å². The van der Waals surface area contributed by atoms with Gasteiger partial charge in [-0.25, -0.2) is 4.98 Å². The Morgan fingerprint density at radius 3 is 2.48 bits per heavy atom. The number of anilines is 2. The fraction of sp³-hybridized carbons (Fsp3) is 0.158. The number of aromatic nitrogens is 1. The molecule has 0 saturated carbocycles. The Labute approximate surface area is 160 Å². The molecule has 0 saturated heterocycles. The molecule has 27 heavy (non-hydrogen) atoms. The second-order valence-electron chi connectivity index (χ2n) is 5.75. The van der Waals surface area contributed by atoms with E-state index in [1.807, 2.05) is 25.1 Å². The fourth-order valence-electron chi connectivity index (χ4n) is 2.43. The maximum Gasteiger partial charge on any atom is 0.269 e. The predicted molar refractivity (Wildman–Crippen MR) is 107 cm³/mol. The summed E-state index contributed by atoms with van der Waals surface area (Å²) in [5.41, 5.74) is 1.84. The molecule has 1 amide bonds. The van der Waals surface area contributed by atoms with E-state index in [0.717, 1.165) is 13.0 Å². The lowest BCUT2D eigenvalue weighted by atomic mass is 10.1. The summed E-state index contributed by atoms with van der Waals surface area (Å²) in [5, 5.41) is 17.6. The molecule has 8 heteroatoms. The topological polar surface area (TPSA) is 97.2 Å². The highest BCUT2D eigenvalue weighted by Gasteiger charge is 2.20. The first kappa shape index (κ1) is 18.5. The van der Waals surface area contributed by atoms with Gasteiger partial charge in [0.15, 0.2) is 5.13 Å². The van der Waals surface area contributed by atoms with Gasteiger partial charge in [-0.1, -0.05) is 36.5 Å². The summed E-state index contributed by atoms with van der Waals surface area (Å²) in [6.45, 7) is 2.79. The summed E-state index contributed by atoms with van der Waals surface area (Å²) in [5.74, 6) is -0.267. The zero-order valence-corrected chi connectivity index (χ0v) is 15.5. The van der Waals surface area contributed by atoms with Crippen molar-refractivity contribution in [2.75, 3.05) is 17.2 Å². The summed E-state index contributed by atoms with van der Waals surface area (Å²) in [7, 11) is 0. The largest absolute Gasteiger partial charge is 0.361 e. The number of nitro benzene ring substituents is 1. The highest BCUT2D eigenvalue weighted by Crippen LogP contribution is 2.32. The molecule has 0 atom stereocenters. The van der Waals surface area contributed by atoms with Crippen LogP contribution in [0.5, 0.6) is 0 Å². The summed E-state index contributed by atoms with van der Waals surface area (Å²) in [4.78, 5) is 28.2. The number of rotatable bonds is 7. The Kier molecular flexibility index (Phi) is 5.77. The number of benzene rings is 2. The van der Waals surface area contributed by atoms with Crippen molar-refractivity contribution < 1.29 is 9.72 Å². The molecule has 0 unspecified atom stereocenters. The monoisotopic (exact) mass is 382 g/mol. The molecule has 0 radical (unpaired) electrons. The van der Waals surface area contributed by atoms with Crippen LogP contribution in [0, 0.1) is 10.1 Å². The van der Waals surface area contributed by atoms with Crippen molar-refractivity contribution in [2.45, 2.75) is 13.3 Å². The SMILES string of the molecule is CCCNc1nc(-c2ccc([N+](=O)[O-])cc2)c(C(=O)Nc2ccccc2)s1. The van der Waals surface area contributed by atoms with Gasteiger partial charge in [-0.2, -0.15) is 0 Å². The van der Waals surface area contributed by atoms with Crippen molar-refractivity contribution >= 4 is 33.8 Å². The van der Waals surface area contributed by atoms with Crippen LogP contribution in [0.4, 0.5) is 16.5 Å². The number of nitro groups is 1. The second-order valence-corrected chi connectivity index (χ2v) is 6.75. The molecule has 138 valence electrons. The first-order valence-corrected chi connectivity index (χ1v) is 9.26. The molecule has 1 aromatic heterocycles. The number of nitrogens with zero attached hydrogens (tertiary/aromatic N) is 2. The standard InChI is InChI=1S/C19H18N4O3S/c1-2-12-20-19-22-16(13-8-10-15(11-9-13)23(25)26)17(27-19)18(24)21-14-6-4-3-5-7-14/h3-11H,2,12H2,1H3,(H,20,22)(H,21,24). The molecule has 0 aliphatic carbocycles. The summed E-state index contributed by atoms with van der Waals surface area (Å²) in [6, 6.07) is 15.2. The molecule has 3 aromatic rings. The number of para-hydroxylation sites is 1. The Morgan fingerprint density at radius 2 is 1.85 bits per heavy atom. The minimum Gasteiger partial charge on any atom is -0.361 e. The lowest BCUT2D eigenvalue weighted by Gasteiger charge is -2.05. The molecular formula is C19H18N4O3S. The summed E-state index contributed by atoms with van der Waals surface area (Å²) >= 11 is 1.26. The number of amides is 1. The van der Waals surface area contributed by atoms with Crippen LogP contribution in [0.3, 0.4) is 0 Å². The van der Waals surface area contributed by atoms with Crippen LogP contribution >= 0.6 is 11.3 Å². The van der Waals surface area contributed by atoms with E-state index in [1.165, 1.54) is 23.5 Å². The van der Waals surface area contributed by atoms with Crippen molar-refractivity contribution in [3.63, 3.8) is 0 Å². The predicted octanol–water partition coefficient (Wildman–Crippen LogP) is 4.79. The number of carbonyl (C=O) groups excluding carboxylic acids is 1. The lowest BCUT2D eigenvalue weighted by molar-refractivity contribution is -0.384. The molecule has 0 aliphatic rings. The van der Waals surface area contributed by atoms with Crippen LogP contribution in [0.15, 0.2) is 54.6 Å². The van der Waals surface area contributed by atoms with E-state index in [2.05, 4.69) is 15.6 Å². The van der Waals surface area contributed by atoms with Gasteiger partial charge in [0.2, 0.25) is 0 Å². The van der Waals surface area contributed by atoms with Crippen LogP contribution in [-0.4, -0.2) is 22.4 Å². The van der Waals surface area contributed by atoms with Gasteiger partial charge in [0.1, 0.15) is 4.88 Å². The molecule has 0 bridgehead atoms. The van der Waals surface area contributed by atoms with Crippen molar-refractivity contribution in [3.05, 3.63) is 69.6 Å². The highest BCUT2D eigenvalue weighted by atomic mass is 32.1. The molecule has 0 fully saturated rings. The van der Waals surface area contributed by atoms with Crippen molar-refractivity contribution in [3.8, 4) is 11.3 Å². The maximum atomic E-state index is 12.8. The quantitative estimate of drug-likeness (QED) is 0.452. The zero-order valence-electron chi connectivity index (χ0n) is 14.6. The smallest absolute Gasteiger partial charge is 0.269 e. The number of nitrogens with one attached hydrogen (secondary N) is 2. The molecule has 7 nitrogen and oxygen atoms in total. The van der Waals surface area contributed by atoms with Gasteiger partial charge in [0.05, 0.1) is 10.6 Å². The van der Waals surface area contributed by atoms with Crippen LogP contribution in [-0.2, 0) is 0 Å². The van der Waals surface area contributed by atoms with Gasteiger partial charge in [0, 0.05) is 29.9 Å². The highest BCUT2D eigenvalue weighted by molar-refractivity contribution is 7.18. The summed E-state index contributed by atoms with van der Waals surface area (Å²) in [6.07, 6.45) is 0.929. The van der Waals surface area contributed by atoms with Crippen LogP contribution in [0.2, 0.25) is 0 Å². The van der Waals surface area contributed by atoms with Gasteiger partial charge < -0.3 is 10.6 Å². The van der Waals surface area contributed by atoms with Crippen LogP contribution in [0.1, 0.15) is 23.0 Å². The number of carbonyl (C=O) groups is 1. The van der Waals surface area contributed by atoms with Gasteiger partial charge in [0.25, 0.3) is 11.6 Å². The molecule has 0 spiro atoms. The Morgan fingerprint density at radius 1 is 1.15 bits per heavy atom. The van der Waals surface area contributed by atoms with E-state index in [0.29, 0.717) is 27.0 Å². The fourth-order valence-corrected chi connectivity index (χ4v) is 3.34. The number of hydrogen-bond donors (Lipinski definition) is 2. The Hall–Kier alpha value is -3.26. The zero-order chi connectivity index (χ0) is 19.2. The van der Waals surface area contributed by atoms with Gasteiger partial charge in [-0.3, -0.25) is 14.9 Å². The second kappa shape index (κ2) is 8.41. The van der Waals surface area contributed by atoms with Crippen LogP contribution in [0.25, 0.3) is 11.3 Å². The van der Waals surface area contributed by atoms with E-state index >= 15 is 0 Å². The molecule has 2 N–H and O–H groups in total. The van der Waals surface area contributed by atoms with E-state index < -0.39 is 4.92 Å². The van der Waals surface area contributed by atoms with Crippen LogP contribution < -0.4 is 10.6 Å². The average molecular weight is 382 g/mol. The van der Waals surface area contributed by atoms with E-state index in [9.17, 15) is 14.9 Å². The maximum absolute atomic E-state index is 12.8. The average Bonchev–Trinajstić information content (AvgIpc) is 3.11. The summed E-state index contributed by atoms with van der Waals surface area (Å²) < 4.78 is 0.